The Morgan fingerprint density at radius 1 is 1.24 bits per heavy atom. The van der Waals surface area contributed by atoms with Crippen LogP contribution in [0.15, 0.2) is 24.3 Å². The van der Waals surface area contributed by atoms with Crippen molar-refractivity contribution in [3.63, 3.8) is 0 Å². The molecule has 1 aromatic heterocycles. The minimum absolute atomic E-state index is 0.325. The summed E-state index contributed by atoms with van der Waals surface area (Å²) in [5.74, 6) is 0.988. The molecular formula is C11H12N4O2. The maximum absolute atomic E-state index is 10.5. The summed E-state index contributed by atoms with van der Waals surface area (Å²) < 4.78 is 1.70. The van der Waals surface area contributed by atoms with Gasteiger partial charge in [-0.05, 0) is 26.0 Å². The Kier molecular flexibility index (Phi) is 2.86. The van der Waals surface area contributed by atoms with Gasteiger partial charge >= 0.3 is 0 Å². The molecule has 6 nitrogen and oxygen atoms in total. The third-order valence-corrected chi connectivity index (χ3v) is 2.45. The maximum Gasteiger partial charge on any atom is 0.263 e. The molecule has 2 rings (SSSR count). The van der Waals surface area contributed by atoms with Crippen LogP contribution in [-0.4, -0.2) is 19.7 Å². The lowest BCUT2D eigenvalue weighted by molar-refractivity contribution is -0.498. The van der Waals surface area contributed by atoms with Crippen LogP contribution in [0.25, 0.3) is 5.69 Å². The molecule has 6 heteroatoms. The van der Waals surface area contributed by atoms with Crippen LogP contribution in [0.2, 0.25) is 0 Å². The number of benzene rings is 1. The smallest absolute Gasteiger partial charge is 0.263 e. The van der Waals surface area contributed by atoms with Crippen LogP contribution in [0.4, 0.5) is 0 Å². The number of aromatic nitrogens is 3. The van der Waals surface area contributed by atoms with Gasteiger partial charge in [0.1, 0.15) is 5.82 Å². The zero-order chi connectivity index (χ0) is 12.4. The lowest BCUT2D eigenvalue weighted by Crippen LogP contribution is -2.08. The van der Waals surface area contributed by atoms with Crippen LogP contribution in [-0.2, 0) is 6.54 Å². The normalized spacial score (nSPS) is 10.5. The number of hydrogen-bond donors (Lipinski definition) is 0. The van der Waals surface area contributed by atoms with Crippen LogP contribution >= 0.6 is 0 Å². The second kappa shape index (κ2) is 4.32. The number of aryl methyl sites for hydroxylation is 2. The Morgan fingerprint density at radius 2 is 1.88 bits per heavy atom. The van der Waals surface area contributed by atoms with E-state index < -0.39 is 4.92 Å². The van der Waals surface area contributed by atoms with Crippen LogP contribution < -0.4 is 0 Å². The van der Waals surface area contributed by atoms with Gasteiger partial charge in [0.05, 0.1) is 0 Å². The van der Waals surface area contributed by atoms with Crippen molar-refractivity contribution < 1.29 is 4.92 Å². The van der Waals surface area contributed by atoms with E-state index in [0.29, 0.717) is 11.6 Å². The van der Waals surface area contributed by atoms with Gasteiger partial charge in [-0.25, -0.2) is 0 Å². The molecule has 0 N–H and O–H groups in total. The molecule has 0 atom stereocenters. The highest BCUT2D eigenvalue weighted by molar-refractivity contribution is 5.36. The second-order valence-electron chi connectivity index (χ2n) is 3.83. The Hall–Kier alpha value is -2.24. The monoisotopic (exact) mass is 232 g/mol. The standard InChI is InChI=1S/C11H12N4O2/c1-8-3-5-10(6-4-8)15-9(2)12-13-11(15)7-14(16)17/h3-6H,7H2,1-2H3. The molecule has 88 valence electrons. The van der Waals surface area contributed by atoms with Crippen molar-refractivity contribution in [3.8, 4) is 5.69 Å². The molecule has 1 heterocycles. The lowest BCUT2D eigenvalue weighted by atomic mass is 10.2. The minimum Gasteiger partial charge on any atom is -0.278 e. The van der Waals surface area contributed by atoms with Gasteiger partial charge in [0.15, 0.2) is 0 Å². The quantitative estimate of drug-likeness (QED) is 0.595. The van der Waals surface area contributed by atoms with Gasteiger partial charge in [0.25, 0.3) is 6.54 Å². The Bertz CT molecular complexity index is 545. The van der Waals surface area contributed by atoms with Gasteiger partial charge in [-0.3, -0.25) is 14.7 Å². The fraction of sp³-hybridized carbons (Fsp3) is 0.273. The first-order valence-corrected chi connectivity index (χ1v) is 5.17. The Morgan fingerprint density at radius 3 is 2.47 bits per heavy atom. The molecule has 0 aliphatic rings. The number of nitrogens with zero attached hydrogens (tertiary/aromatic N) is 4. The molecular weight excluding hydrogens is 220 g/mol. The first-order valence-electron chi connectivity index (χ1n) is 5.17. The maximum atomic E-state index is 10.5. The summed E-state index contributed by atoms with van der Waals surface area (Å²) in [6.45, 7) is 3.44. The van der Waals surface area contributed by atoms with Gasteiger partial charge in [-0.2, -0.15) is 0 Å². The molecule has 0 saturated carbocycles. The van der Waals surface area contributed by atoms with Gasteiger partial charge in [0, 0.05) is 10.6 Å². The highest BCUT2D eigenvalue weighted by atomic mass is 16.6. The molecule has 1 aromatic carbocycles. The summed E-state index contributed by atoms with van der Waals surface area (Å²) in [6, 6.07) is 7.69. The molecule has 0 fully saturated rings. The summed E-state index contributed by atoms with van der Waals surface area (Å²) in [7, 11) is 0. The SMILES string of the molecule is Cc1ccc(-n2c(C)nnc2C[N+](=O)[O-])cc1. The Balaban J connectivity index is 2.46. The fourth-order valence-corrected chi connectivity index (χ4v) is 1.65. The number of hydrogen-bond acceptors (Lipinski definition) is 4. The van der Waals surface area contributed by atoms with Crippen molar-refractivity contribution in [1.82, 2.24) is 14.8 Å². The molecule has 0 unspecified atom stereocenters. The van der Waals surface area contributed by atoms with Crippen molar-refractivity contribution in [3.05, 3.63) is 51.6 Å². The molecule has 0 bridgehead atoms. The largest absolute Gasteiger partial charge is 0.278 e. The van der Waals surface area contributed by atoms with E-state index in [-0.39, 0.29) is 6.54 Å². The zero-order valence-corrected chi connectivity index (χ0v) is 9.62. The van der Waals surface area contributed by atoms with Crippen molar-refractivity contribution >= 4 is 0 Å². The van der Waals surface area contributed by atoms with Crippen molar-refractivity contribution in [2.45, 2.75) is 20.4 Å². The predicted molar refractivity (Wildman–Crippen MR) is 61.5 cm³/mol. The summed E-state index contributed by atoms with van der Waals surface area (Å²) in [4.78, 5) is 10.1. The molecule has 0 radical (unpaired) electrons. The average molecular weight is 232 g/mol. The summed E-state index contributed by atoms with van der Waals surface area (Å²) in [5.41, 5.74) is 1.98. The molecule has 0 spiro atoms. The highest BCUT2D eigenvalue weighted by Gasteiger charge is 2.14. The number of nitro groups is 1. The van der Waals surface area contributed by atoms with Crippen LogP contribution in [0, 0.1) is 24.0 Å². The van der Waals surface area contributed by atoms with E-state index in [1.165, 1.54) is 0 Å². The Labute approximate surface area is 98.1 Å². The van der Waals surface area contributed by atoms with Crippen molar-refractivity contribution in [2.24, 2.45) is 0 Å². The van der Waals surface area contributed by atoms with Crippen molar-refractivity contribution in [2.75, 3.05) is 0 Å². The van der Waals surface area contributed by atoms with Gasteiger partial charge in [-0.1, -0.05) is 17.7 Å². The van der Waals surface area contributed by atoms with E-state index in [0.717, 1.165) is 11.3 Å². The summed E-state index contributed by atoms with van der Waals surface area (Å²) >= 11 is 0. The summed E-state index contributed by atoms with van der Waals surface area (Å²) in [5, 5.41) is 18.2. The van der Waals surface area contributed by atoms with E-state index in [1.807, 2.05) is 31.2 Å². The molecule has 2 aromatic rings. The van der Waals surface area contributed by atoms with E-state index in [1.54, 1.807) is 11.5 Å². The highest BCUT2D eigenvalue weighted by Crippen LogP contribution is 2.14. The van der Waals surface area contributed by atoms with Crippen LogP contribution in [0.1, 0.15) is 17.2 Å². The molecule has 0 amide bonds. The third-order valence-electron chi connectivity index (χ3n) is 2.45. The van der Waals surface area contributed by atoms with E-state index in [4.69, 9.17) is 0 Å². The third kappa shape index (κ3) is 2.30. The number of rotatable bonds is 3. The summed E-state index contributed by atoms with van der Waals surface area (Å²) in [6.07, 6.45) is 0. The second-order valence-corrected chi connectivity index (χ2v) is 3.83. The van der Waals surface area contributed by atoms with Crippen LogP contribution in [0.5, 0.6) is 0 Å². The van der Waals surface area contributed by atoms with Crippen LogP contribution in [0.3, 0.4) is 0 Å². The van der Waals surface area contributed by atoms with Crippen molar-refractivity contribution in [1.29, 1.82) is 0 Å². The molecule has 17 heavy (non-hydrogen) atoms. The average Bonchev–Trinajstić information content (AvgIpc) is 2.61. The lowest BCUT2D eigenvalue weighted by Gasteiger charge is -2.06. The van der Waals surface area contributed by atoms with E-state index >= 15 is 0 Å². The molecule has 0 aliphatic carbocycles. The van der Waals surface area contributed by atoms with E-state index in [2.05, 4.69) is 10.2 Å². The fourth-order valence-electron chi connectivity index (χ4n) is 1.65. The zero-order valence-electron chi connectivity index (χ0n) is 9.62. The van der Waals surface area contributed by atoms with Gasteiger partial charge in [-0.15, -0.1) is 10.2 Å². The molecule has 0 saturated heterocycles. The van der Waals surface area contributed by atoms with E-state index in [9.17, 15) is 10.1 Å². The van der Waals surface area contributed by atoms with Gasteiger partial charge < -0.3 is 0 Å². The van der Waals surface area contributed by atoms with Gasteiger partial charge in [0.2, 0.25) is 5.82 Å². The topological polar surface area (TPSA) is 73.8 Å². The minimum atomic E-state index is -0.409. The molecule has 0 aliphatic heterocycles. The first-order chi connectivity index (χ1) is 8.08. The first kappa shape index (κ1) is 11.3. The predicted octanol–water partition coefficient (Wildman–Crippen LogP) is 1.66.